The van der Waals surface area contributed by atoms with Gasteiger partial charge in [-0.1, -0.05) is 36.4 Å². The van der Waals surface area contributed by atoms with E-state index in [1.165, 1.54) is 0 Å². The highest BCUT2D eigenvalue weighted by molar-refractivity contribution is 5.94. The van der Waals surface area contributed by atoms with Gasteiger partial charge in [0, 0.05) is 25.2 Å². The fourth-order valence-electron chi connectivity index (χ4n) is 3.07. The summed E-state index contributed by atoms with van der Waals surface area (Å²) < 4.78 is 5.53. The number of hydrogen-bond acceptors (Lipinski definition) is 3. The minimum absolute atomic E-state index is 0.0145. The van der Waals surface area contributed by atoms with Gasteiger partial charge in [0.15, 0.2) is 6.61 Å². The van der Waals surface area contributed by atoms with Crippen LogP contribution in [0, 0.1) is 5.92 Å². The van der Waals surface area contributed by atoms with Gasteiger partial charge in [0.05, 0.1) is 0 Å². The van der Waals surface area contributed by atoms with Crippen LogP contribution in [0.25, 0.3) is 0 Å². The molecule has 1 aliphatic rings. The van der Waals surface area contributed by atoms with E-state index in [0.29, 0.717) is 36.9 Å². The number of carbonyl (C=O) groups is 2. The normalized spacial score (nSPS) is 14.7. The summed E-state index contributed by atoms with van der Waals surface area (Å²) in [5.74, 6) is 1.09. The molecule has 1 fully saturated rings. The maximum atomic E-state index is 12.3. The third kappa shape index (κ3) is 5.09. The van der Waals surface area contributed by atoms with Gasteiger partial charge in [0.25, 0.3) is 11.8 Å². The monoisotopic (exact) mass is 352 g/mol. The number of carbonyl (C=O) groups excluding carboxylic acids is 2. The Labute approximate surface area is 154 Å². The van der Waals surface area contributed by atoms with Crippen molar-refractivity contribution in [3.05, 3.63) is 66.2 Å². The van der Waals surface area contributed by atoms with E-state index in [-0.39, 0.29) is 18.4 Å². The van der Waals surface area contributed by atoms with E-state index in [0.717, 1.165) is 12.8 Å². The van der Waals surface area contributed by atoms with E-state index in [9.17, 15) is 9.59 Å². The molecule has 1 heterocycles. The number of nitrogens with zero attached hydrogens (tertiary/aromatic N) is 1. The lowest BCUT2D eigenvalue weighted by molar-refractivity contribution is -0.134. The molecule has 26 heavy (non-hydrogen) atoms. The van der Waals surface area contributed by atoms with Crippen LogP contribution in [-0.4, -0.2) is 43.0 Å². The molecule has 0 aliphatic carbocycles. The predicted octanol–water partition coefficient (Wildman–Crippen LogP) is 2.73. The molecule has 5 nitrogen and oxygen atoms in total. The first kappa shape index (κ1) is 18.0. The van der Waals surface area contributed by atoms with Gasteiger partial charge in [0.2, 0.25) is 0 Å². The van der Waals surface area contributed by atoms with Gasteiger partial charge in [-0.15, -0.1) is 0 Å². The van der Waals surface area contributed by atoms with E-state index < -0.39 is 0 Å². The van der Waals surface area contributed by atoms with Gasteiger partial charge in [-0.25, -0.2) is 0 Å². The molecular formula is C21H24N2O3. The molecule has 5 heteroatoms. The topological polar surface area (TPSA) is 58.6 Å². The first-order valence-electron chi connectivity index (χ1n) is 9.01. The third-order valence-electron chi connectivity index (χ3n) is 4.66. The van der Waals surface area contributed by atoms with Gasteiger partial charge in [0.1, 0.15) is 5.75 Å². The van der Waals surface area contributed by atoms with Crippen molar-refractivity contribution in [1.82, 2.24) is 10.2 Å². The van der Waals surface area contributed by atoms with Crippen molar-refractivity contribution in [3.8, 4) is 5.75 Å². The summed E-state index contributed by atoms with van der Waals surface area (Å²) in [6, 6.07) is 18.6. The number of hydrogen-bond donors (Lipinski definition) is 1. The van der Waals surface area contributed by atoms with Crippen LogP contribution in [0.15, 0.2) is 60.7 Å². The second-order valence-electron chi connectivity index (χ2n) is 6.50. The van der Waals surface area contributed by atoms with Gasteiger partial charge in [-0.3, -0.25) is 9.59 Å². The zero-order valence-corrected chi connectivity index (χ0v) is 14.8. The number of benzene rings is 2. The largest absolute Gasteiger partial charge is 0.484 e. The molecule has 0 bridgehead atoms. The molecule has 1 aliphatic heterocycles. The second-order valence-corrected chi connectivity index (χ2v) is 6.50. The Kier molecular flexibility index (Phi) is 6.25. The lowest BCUT2D eigenvalue weighted by Crippen LogP contribution is -2.43. The van der Waals surface area contributed by atoms with Gasteiger partial charge >= 0.3 is 0 Å². The van der Waals surface area contributed by atoms with Crippen molar-refractivity contribution in [2.75, 3.05) is 26.2 Å². The molecule has 0 unspecified atom stereocenters. The Balaban J connectivity index is 1.37. The highest BCUT2D eigenvalue weighted by Crippen LogP contribution is 2.17. The molecule has 2 aromatic rings. The summed E-state index contributed by atoms with van der Waals surface area (Å²) in [4.78, 5) is 26.2. The van der Waals surface area contributed by atoms with Crippen molar-refractivity contribution in [3.63, 3.8) is 0 Å². The summed E-state index contributed by atoms with van der Waals surface area (Å²) >= 11 is 0. The number of piperidine rings is 1. The van der Waals surface area contributed by atoms with Crippen molar-refractivity contribution in [1.29, 1.82) is 0 Å². The summed E-state index contributed by atoms with van der Waals surface area (Å²) in [6.07, 6.45) is 1.79. The molecule has 2 amide bonds. The van der Waals surface area contributed by atoms with Gasteiger partial charge < -0.3 is 15.0 Å². The fourth-order valence-corrected chi connectivity index (χ4v) is 3.07. The molecular weight excluding hydrogens is 328 g/mol. The van der Waals surface area contributed by atoms with E-state index >= 15 is 0 Å². The van der Waals surface area contributed by atoms with Crippen molar-refractivity contribution >= 4 is 11.8 Å². The van der Waals surface area contributed by atoms with Gasteiger partial charge in [-0.2, -0.15) is 0 Å². The molecule has 1 saturated heterocycles. The fraction of sp³-hybridized carbons (Fsp3) is 0.333. The van der Waals surface area contributed by atoms with Gasteiger partial charge in [-0.05, 0) is 43.0 Å². The number of rotatable bonds is 6. The van der Waals surface area contributed by atoms with Crippen LogP contribution in [0.4, 0.5) is 0 Å². The first-order valence-corrected chi connectivity index (χ1v) is 9.01. The van der Waals surface area contributed by atoms with Crippen LogP contribution in [0.3, 0.4) is 0 Å². The minimum Gasteiger partial charge on any atom is -0.484 e. The number of likely N-dealkylation sites (tertiary alicyclic amines) is 1. The molecule has 0 aromatic heterocycles. The Morgan fingerprint density at radius 1 is 0.962 bits per heavy atom. The number of nitrogens with one attached hydrogen (secondary N) is 1. The van der Waals surface area contributed by atoms with Crippen molar-refractivity contribution < 1.29 is 14.3 Å². The quantitative estimate of drug-likeness (QED) is 0.870. The van der Waals surface area contributed by atoms with Crippen LogP contribution in [0.1, 0.15) is 23.2 Å². The Morgan fingerprint density at radius 2 is 1.58 bits per heavy atom. The number of amides is 2. The molecule has 0 saturated carbocycles. The molecule has 0 spiro atoms. The molecule has 1 N–H and O–H groups in total. The Bertz CT molecular complexity index is 711. The maximum absolute atomic E-state index is 12.3. The van der Waals surface area contributed by atoms with Crippen LogP contribution >= 0.6 is 0 Å². The average Bonchev–Trinajstić information content (AvgIpc) is 2.72. The smallest absolute Gasteiger partial charge is 0.260 e. The SMILES string of the molecule is O=C(NCC1CCN(C(=O)COc2ccccc2)CC1)c1ccccc1. The zero-order chi connectivity index (χ0) is 18.2. The highest BCUT2D eigenvalue weighted by Gasteiger charge is 2.23. The summed E-state index contributed by atoms with van der Waals surface area (Å²) in [6.45, 7) is 2.14. The summed E-state index contributed by atoms with van der Waals surface area (Å²) in [7, 11) is 0. The van der Waals surface area contributed by atoms with E-state index in [4.69, 9.17) is 4.74 Å². The Morgan fingerprint density at radius 3 is 2.23 bits per heavy atom. The summed E-state index contributed by atoms with van der Waals surface area (Å²) in [5, 5.41) is 2.99. The third-order valence-corrected chi connectivity index (χ3v) is 4.66. The molecule has 0 radical (unpaired) electrons. The van der Waals surface area contributed by atoms with Crippen molar-refractivity contribution in [2.45, 2.75) is 12.8 Å². The van der Waals surface area contributed by atoms with E-state index in [2.05, 4.69) is 5.32 Å². The van der Waals surface area contributed by atoms with Crippen LogP contribution < -0.4 is 10.1 Å². The maximum Gasteiger partial charge on any atom is 0.260 e. The van der Waals surface area contributed by atoms with E-state index in [1.807, 2.05) is 65.6 Å². The average molecular weight is 352 g/mol. The molecule has 2 aromatic carbocycles. The Hall–Kier alpha value is -2.82. The standard InChI is InChI=1S/C21H24N2O3/c24-20(16-26-19-9-5-2-6-10-19)23-13-11-17(12-14-23)15-22-21(25)18-7-3-1-4-8-18/h1-10,17H,11-16H2,(H,22,25). The first-order chi connectivity index (χ1) is 12.7. The highest BCUT2D eigenvalue weighted by atomic mass is 16.5. The number of ether oxygens (including phenoxy) is 1. The summed E-state index contributed by atoms with van der Waals surface area (Å²) in [5.41, 5.74) is 0.679. The lowest BCUT2D eigenvalue weighted by atomic mass is 9.96. The molecule has 0 atom stereocenters. The lowest BCUT2D eigenvalue weighted by Gasteiger charge is -2.32. The second kappa shape index (κ2) is 9.04. The zero-order valence-electron chi connectivity index (χ0n) is 14.8. The van der Waals surface area contributed by atoms with Crippen LogP contribution in [-0.2, 0) is 4.79 Å². The predicted molar refractivity (Wildman–Crippen MR) is 100 cm³/mol. The molecule has 3 rings (SSSR count). The minimum atomic E-state index is -0.0413. The van der Waals surface area contributed by atoms with Crippen LogP contribution in [0.5, 0.6) is 5.75 Å². The molecule has 136 valence electrons. The van der Waals surface area contributed by atoms with Crippen LogP contribution in [0.2, 0.25) is 0 Å². The number of para-hydroxylation sites is 1. The van der Waals surface area contributed by atoms with E-state index in [1.54, 1.807) is 0 Å². The van der Waals surface area contributed by atoms with Crippen molar-refractivity contribution in [2.24, 2.45) is 5.92 Å².